The van der Waals surface area contributed by atoms with Crippen molar-refractivity contribution < 1.29 is 9.59 Å². The first-order valence-electron chi connectivity index (χ1n) is 7.25. The van der Waals surface area contributed by atoms with Gasteiger partial charge in [-0.3, -0.25) is 9.59 Å². The number of carbonyl (C=O) groups is 2. The number of nitrogens with one attached hydrogen (secondary N) is 2. The van der Waals surface area contributed by atoms with E-state index in [1.54, 1.807) is 19.1 Å². The molecular formula is C16H25N3O2. The van der Waals surface area contributed by atoms with Gasteiger partial charge in [0.05, 0.1) is 0 Å². The summed E-state index contributed by atoms with van der Waals surface area (Å²) >= 11 is 0. The number of rotatable bonds is 9. The first kappa shape index (κ1) is 17.2. The first-order chi connectivity index (χ1) is 9.99. The zero-order valence-electron chi connectivity index (χ0n) is 13.1. The number of amides is 1. The van der Waals surface area contributed by atoms with Crippen molar-refractivity contribution in [3.05, 3.63) is 29.8 Å². The van der Waals surface area contributed by atoms with Crippen molar-refractivity contribution in [3.63, 3.8) is 0 Å². The fraction of sp³-hybridized carbons (Fsp3) is 0.500. The second-order valence-electron chi connectivity index (χ2n) is 5.32. The van der Waals surface area contributed by atoms with E-state index in [-0.39, 0.29) is 11.7 Å². The van der Waals surface area contributed by atoms with Crippen molar-refractivity contribution in [3.8, 4) is 0 Å². The topological polar surface area (TPSA) is 61.4 Å². The van der Waals surface area contributed by atoms with Crippen LogP contribution in [-0.2, 0) is 4.79 Å². The number of hydrogen-bond donors (Lipinski definition) is 2. The summed E-state index contributed by atoms with van der Waals surface area (Å²) in [5, 5.41) is 6.07. The molecule has 1 aromatic carbocycles. The van der Waals surface area contributed by atoms with Crippen LogP contribution in [0.3, 0.4) is 0 Å². The van der Waals surface area contributed by atoms with Gasteiger partial charge in [0, 0.05) is 30.8 Å². The van der Waals surface area contributed by atoms with Gasteiger partial charge < -0.3 is 15.5 Å². The van der Waals surface area contributed by atoms with Crippen LogP contribution in [0.25, 0.3) is 0 Å². The Morgan fingerprint density at radius 1 is 1.10 bits per heavy atom. The van der Waals surface area contributed by atoms with Crippen LogP contribution in [0.4, 0.5) is 5.69 Å². The van der Waals surface area contributed by atoms with Crippen LogP contribution in [0, 0.1) is 0 Å². The summed E-state index contributed by atoms with van der Waals surface area (Å²) in [6.07, 6.45) is 1.40. The van der Waals surface area contributed by atoms with Gasteiger partial charge in [-0.15, -0.1) is 0 Å². The predicted molar refractivity (Wildman–Crippen MR) is 85.7 cm³/mol. The summed E-state index contributed by atoms with van der Waals surface area (Å²) in [4.78, 5) is 24.9. The minimum absolute atomic E-state index is 0.0543. The summed E-state index contributed by atoms with van der Waals surface area (Å²) < 4.78 is 0. The maximum absolute atomic E-state index is 11.6. The van der Waals surface area contributed by atoms with Gasteiger partial charge in [-0.2, -0.15) is 0 Å². The molecule has 116 valence electrons. The average Bonchev–Trinajstić information content (AvgIpc) is 2.44. The quantitative estimate of drug-likeness (QED) is 0.537. The molecule has 0 heterocycles. The molecule has 0 bridgehead atoms. The Bertz CT molecular complexity index is 455. The number of carbonyl (C=O) groups excluding carboxylic acids is 2. The third-order valence-electron chi connectivity index (χ3n) is 3.08. The zero-order chi connectivity index (χ0) is 15.7. The molecule has 1 rings (SSSR count). The lowest BCUT2D eigenvalue weighted by molar-refractivity contribution is -0.120. The molecule has 0 radical (unpaired) electrons. The second-order valence-corrected chi connectivity index (χ2v) is 5.32. The van der Waals surface area contributed by atoms with Crippen molar-refractivity contribution in [2.45, 2.75) is 19.8 Å². The molecule has 5 nitrogen and oxygen atoms in total. The highest BCUT2D eigenvalue weighted by Crippen LogP contribution is 2.09. The zero-order valence-corrected chi connectivity index (χ0v) is 13.1. The number of Topliss-reactive ketones (excluding diaryl/α,β-unsaturated/α-hetero) is 1. The number of hydrogen-bond acceptors (Lipinski definition) is 4. The summed E-state index contributed by atoms with van der Waals surface area (Å²) in [5.41, 5.74) is 1.61. The van der Waals surface area contributed by atoms with E-state index in [2.05, 4.69) is 15.5 Å². The standard InChI is InChI=1S/C16H25N3O2/c1-13(20)14-5-7-15(8-6-14)17-11-9-16(21)18-10-4-12-19(2)3/h5-8,17H,4,9-12H2,1-3H3,(H,18,21). The van der Waals surface area contributed by atoms with E-state index in [1.165, 1.54) is 0 Å². The molecule has 0 aromatic heterocycles. The molecule has 0 saturated heterocycles. The number of benzene rings is 1. The lowest BCUT2D eigenvalue weighted by Crippen LogP contribution is -2.28. The molecule has 1 amide bonds. The number of nitrogens with zero attached hydrogens (tertiary/aromatic N) is 1. The second kappa shape index (κ2) is 9.13. The average molecular weight is 291 g/mol. The largest absolute Gasteiger partial charge is 0.385 e. The Morgan fingerprint density at radius 2 is 1.76 bits per heavy atom. The normalized spacial score (nSPS) is 10.5. The van der Waals surface area contributed by atoms with Crippen molar-refractivity contribution in [2.75, 3.05) is 39.0 Å². The van der Waals surface area contributed by atoms with E-state index in [4.69, 9.17) is 0 Å². The van der Waals surface area contributed by atoms with Crippen molar-refractivity contribution in [1.29, 1.82) is 0 Å². The molecule has 0 saturated carbocycles. The van der Waals surface area contributed by atoms with Gasteiger partial charge >= 0.3 is 0 Å². The van der Waals surface area contributed by atoms with E-state index < -0.39 is 0 Å². The molecule has 0 aliphatic heterocycles. The third kappa shape index (κ3) is 7.46. The lowest BCUT2D eigenvalue weighted by Gasteiger charge is -2.10. The Labute approximate surface area is 126 Å². The minimum Gasteiger partial charge on any atom is -0.385 e. The van der Waals surface area contributed by atoms with Gasteiger partial charge in [0.2, 0.25) is 5.91 Å². The van der Waals surface area contributed by atoms with Crippen LogP contribution < -0.4 is 10.6 Å². The molecule has 0 aliphatic carbocycles. The van der Waals surface area contributed by atoms with Crippen LogP contribution in [0.15, 0.2) is 24.3 Å². The van der Waals surface area contributed by atoms with Gasteiger partial charge in [0.1, 0.15) is 0 Å². The van der Waals surface area contributed by atoms with Gasteiger partial charge in [0.25, 0.3) is 0 Å². The van der Waals surface area contributed by atoms with Crippen molar-refractivity contribution >= 4 is 17.4 Å². The Balaban J connectivity index is 2.18. The van der Waals surface area contributed by atoms with E-state index in [0.717, 1.165) is 18.7 Å². The highest BCUT2D eigenvalue weighted by Gasteiger charge is 2.02. The summed E-state index contributed by atoms with van der Waals surface area (Å²) in [6.45, 7) is 3.81. The molecule has 0 atom stereocenters. The predicted octanol–water partition coefficient (Wildman–Crippen LogP) is 1.76. The highest BCUT2D eigenvalue weighted by molar-refractivity contribution is 5.94. The Morgan fingerprint density at radius 3 is 2.33 bits per heavy atom. The molecule has 0 spiro atoms. The molecule has 0 unspecified atom stereocenters. The van der Waals surface area contributed by atoms with Gasteiger partial charge in [0.15, 0.2) is 5.78 Å². The summed E-state index contributed by atoms with van der Waals surface area (Å²) in [7, 11) is 4.03. The summed E-state index contributed by atoms with van der Waals surface area (Å²) in [6, 6.07) is 7.27. The van der Waals surface area contributed by atoms with Crippen molar-refractivity contribution in [2.24, 2.45) is 0 Å². The molecular weight excluding hydrogens is 266 g/mol. The molecule has 21 heavy (non-hydrogen) atoms. The number of ketones is 1. The molecule has 1 aromatic rings. The monoisotopic (exact) mass is 291 g/mol. The minimum atomic E-state index is 0.0543. The lowest BCUT2D eigenvalue weighted by atomic mass is 10.1. The van der Waals surface area contributed by atoms with Crippen LogP contribution >= 0.6 is 0 Å². The van der Waals surface area contributed by atoms with E-state index in [9.17, 15) is 9.59 Å². The van der Waals surface area contributed by atoms with Gasteiger partial charge in [-0.25, -0.2) is 0 Å². The van der Waals surface area contributed by atoms with E-state index >= 15 is 0 Å². The van der Waals surface area contributed by atoms with E-state index in [0.29, 0.717) is 25.1 Å². The van der Waals surface area contributed by atoms with Gasteiger partial charge in [-0.05, 0) is 58.3 Å². The molecule has 5 heteroatoms. The molecule has 0 aliphatic rings. The maximum atomic E-state index is 11.6. The fourth-order valence-corrected chi connectivity index (χ4v) is 1.85. The number of anilines is 1. The van der Waals surface area contributed by atoms with Crippen LogP contribution in [0.2, 0.25) is 0 Å². The van der Waals surface area contributed by atoms with Crippen molar-refractivity contribution in [1.82, 2.24) is 10.2 Å². The highest BCUT2D eigenvalue weighted by atomic mass is 16.1. The van der Waals surface area contributed by atoms with Crippen LogP contribution in [0.1, 0.15) is 30.1 Å². The van der Waals surface area contributed by atoms with Crippen LogP contribution in [-0.4, -0.2) is 50.3 Å². The SMILES string of the molecule is CC(=O)c1ccc(NCCC(=O)NCCCN(C)C)cc1. The Hall–Kier alpha value is -1.88. The van der Waals surface area contributed by atoms with Crippen LogP contribution in [0.5, 0.6) is 0 Å². The Kier molecular flexibility index (Phi) is 7.46. The maximum Gasteiger partial charge on any atom is 0.221 e. The van der Waals surface area contributed by atoms with E-state index in [1.807, 2.05) is 26.2 Å². The fourth-order valence-electron chi connectivity index (χ4n) is 1.85. The molecule has 2 N–H and O–H groups in total. The molecule has 0 fully saturated rings. The first-order valence-corrected chi connectivity index (χ1v) is 7.25. The smallest absolute Gasteiger partial charge is 0.221 e. The summed E-state index contributed by atoms with van der Waals surface area (Å²) in [5.74, 6) is 0.111. The van der Waals surface area contributed by atoms with Gasteiger partial charge in [-0.1, -0.05) is 0 Å². The third-order valence-corrected chi connectivity index (χ3v) is 3.08.